The number of halogens is 2. The molecule has 2 unspecified atom stereocenters. The quantitative estimate of drug-likeness (QED) is 0.802. The number of aliphatic hydroxyl groups is 1. The van der Waals surface area contributed by atoms with E-state index in [4.69, 9.17) is 4.74 Å². The molecular formula is C23H23F2NO3. The zero-order valence-electron chi connectivity index (χ0n) is 16.1. The van der Waals surface area contributed by atoms with Crippen molar-refractivity contribution in [1.82, 2.24) is 4.90 Å². The van der Waals surface area contributed by atoms with Gasteiger partial charge in [0.05, 0.1) is 0 Å². The Balaban J connectivity index is 1.44. The van der Waals surface area contributed by atoms with Crippen molar-refractivity contribution in [3.05, 3.63) is 71.3 Å². The summed E-state index contributed by atoms with van der Waals surface area (Å²) in [6.07, 6.45) is 2.50. The fraction of sp³-hybridized carbons (Fsp3) is 0.435. The van der Waals surface area contributed by atoms with Gasteiger partial charge in [0.25, 0.3) is 0 Å². The fourth-order valence-electron chi connectivity index (χ4n) is 5.41. The Hall–Kier alpha value is -2.31. The molecule has 2 heterocycles. The Labute approximate surface area is 168 Å². The predicted octanol–water partition coefficient (Wildman–Crippen LogP) is 3.23. The van der Waals surface area contributed by atoms with Crippen LogP contribution in [-0.4, -0.2) is 41.2 Å². The summed E-state index contributed by atoms with van der Waals surface area (Å²) >= 11 is 0. The molecule has 1 N–H and O–H groups in total. The number of ether oxygens (including phenoxy) is 1. The standard InChI is InChI=1S/C23H23F2NO3/c1-26-20-10-17(11-21(26)19-12-18(19)20)29-22(27)23(28,13-2-6-15(24)7-3-13)14-4-8-16(25)9-5-14/h2-9,17-21,28H,10-12H2,1H3/t17-,18+,19?,20+,21?/m1/s1. The Morgan fingerprint density at radius 1 is 0.931 bits per heavy atom. The molecule has 2 bridgehead atoms. The lowest BCUT2D eigenvalue weighted by Crippen LogP contribution is -2.48. The van der Waals surface area contributed by atoms with Crippen LogP contribution in [0.1, 0.15) is 30.4 Å². The van der Waals surface area contributed by atoms with Gasteiger partial charge >= 0.3 is 5.97 Å². The first-order valence-corrected chi connectivity index (χ1v) is 10.1. The van der Waals surface area contributed by atoms with Crippen molar-refractivity contribution in [3.63, 3.8) is 0 Å². The van der Waals surface area contributed by atoms with Gasteiger partial charge in [-0.05, 0) is 60.7 Å². The van der Waals surface area contributed by atoms with E-state index in [-0.39, 0.29) is 17.2 Å². The molecule has 0 amide bonds. The summed E-state index contributed by atoms with van der Waals surface area (Å²) in [5, 5.41) is 11.5. The van der Waals surface area contributed by atoms with Crippen molar-refractivity contribution in [1.29, 1.82) is 0 Å². The van der Waals surface area contributed by atoms with Gasteiger partial charge in [-0.2, -0.15) is 0 Å². The number of carbonyl (C=O) groups is 1. The van der Waals surface area contributed by atoms with E-state index in [0.717, 1.165) is 12.8 Å². The minimum atomic E-state index is -2.13. The first-order valence-electron chi connectivity index (χ1n) is 10.1. The molecule has 29 heavy (non-hydrogen) atoms. The van der Waals surface area contributed by atoms with Crippen LogP contribution < -0.4 is 0 Å². The van der Waals surface area contributed by atoms with Crippen molar-refractivity contribution < 1.29 is 23.4 Å². The van der Waals surface area contributed by atoms with Gasteiger partial charge < -0.3 is 9.84 Å². The minimum Gasteiger partial charge on any atom is -0.460 e. The third-order valence-electron chi connectivity index (χ3n) is 7.03. The lowest BCUT2D eigenvalue weighted by atomic mass is 9.86. The normalized spacial score (nSPS) is 30.7. The van der Waals surface area contributed by atoms with Crippen LogP contribution in [0, 0.1) is 23.5 Å². The Kier molecular flexibility index (Phi) is 4.26. The van der Waals surface area contributed by atoms with E-state index >= 15 is 0 Å². The van der Waals surface area contributed by atoms with Crippen molar-refractivity contribution in [2.24, 2.45) is 11.8 Å². The van der Waals surface area contributed by atoms with Gasteiger partial charge in [-0.15, -0.1) is 0 Å². The maximum Gasteiger partial charge on any atom is 0.347 e. The molecule has 2 aromatic carbocycles. The summed E-state index contributed by atoms with van der Waals surface area (Å²) in [6.45, 7) is 0. The second kappa shape index (κ2) is 6.61. The topological polar surface area (TPSA) is 49.8 Å². The van der Waals surface area contributed by atoms with Gasteiger partial charge in [-0.25, -0.2) is 13.6 Å². The number of piperidine rings is 2. The van der Waals surface area contributed by atoms with Crippen molar-refractivity contribution in [2.75, 3.05) is 7.05 Å². The van der Waals surface area contributed by atoms with Crippen LogP contribution in [-0.2, 0) is 15.1 Å². The highest BCUT2D eigenvalue weighted by molar-refractivity contribution is 5.85. The van der Waals surface area contributed by atoms with Crippen LogP contribution in [0.15, 0.2) is 48.5 Å². The lowest BCUT2D eigenvalue weighted by molar-refractivity contribution is -0.171. The molecule has 2 saturated heterocycles. The third-order valence-corrected chi connectivity index (χ3v) is 7.03. The third kappa shape index (κ3) is 2.97. The zero-order valence-corrected chi connectivity index (χ0v) is 16.1. The number of esters is 1. The van der Waals surface area contributed by atoms with Crippen LogP contribution in [0.3, 0.4) is 0 Å². The van der Waals surface area contributed by atoms with Crippen LogP contribution in [0.5, 0.6) is 0 Å². The molecule has 1 saturated carbocycles. The Morgan fingerprint density at radius 2 is 1.38 bits per heavy atom. The summed E-state index contributed by atoms with van der Waals surface area (Å²) in [7, 11) is 2.13. The number of nitrogens with zero attached hydrogens (tertiary/aromatic N) is 1. The highest BCUT2D eigenvalue weighted by Gasteiger charge is 2.61. The average Bonchev–Trinajstić information content (AvgIpc) is 3.47. The molecule has 0 spiro atoms. The number of hydrogen-bond donors (Lipinski definition) is 1. The molecule has 5 rings (SSSR count). The predicted molar refractivity (Wildman–Crippen MR) is 102 cm³/mol. The lowest BCUT2D eigenvalue weighted by Gasteiger charge is -2.39. The van der Waals surface area contributed by atoms with E-state index in [0.29, 0.717) is 23.9 Å². The van der Waals surface area contributed by atoms with Crippen LogP contribution in [0.2, 0.25) is 0 Å². The number of fused-ring (bicyclic) bond motifs is 5. The molecular weight excluding hydrogens is 376 g/mol. The summed E-state index contributed by atoms with van der Waals surface area (Å²) in [4.78, 5) is 15.6. The molecule has 2 aromatic rings. The minimum absolute atomic E-state index is 0.189. The first kappa shape index (κ1) is 18.7. The first-order chi connectivity index (χ1) is 13.9. The molecule has 6 heteroatoms. The SMILES string of the molecule is CN1C2C[C@H](OC(=O)C(O)(c3ccc(F)cc3)c3ccc(F)cc3)C[C@H]1[C@H]1CC21. The maximum absolute atomic E-state index is 13.4. The van der Waals surface area contributed by atoms with E-state index in [1.807, 2.05) is 0 Å². The van der Waals surface area contributed by atoms with Gasteiger partial charge in [-0.3, -0.25) is 4.90 Å². The van der Waals surface area contributed by atoms with E-state index in [9.17, 15) is 18.7 Å². The van der Waals surface area contributed by atoms with E-state index < -0.39 is 23.2 Å². The largest absolute Gasteiger partial charge is 0.460 e. The van der Waals surface area contributed by atoms with Gasteiger partial charge in [0, 0.05) is 24.9 Å². The second-order valence-corrected chi connectivity index (χ2v) is 8.59. The number of carbonyl (C=O) groups excluding carboxylic acids is 1. The molecule has 1 aliphatic carbocycles. The number of rotatable bonds is 4. The Morgan fingerprint density at radius 3 is 1.83 bits per heavy atom. The highest BCUT2D eigenvalue weighted by atomic mass is 19.1. The summed E-state index contributed by atoms with van der Waals surface area (Å²) in [5.41, 5.74) is -1.75. The van der Waals surface area contributed by atoms with Crippen LogP contribution in [0.25, 0.3) is 0 Å². The molecule has 4 nitrogen and oxygen atoms in total. The van der Waals surface area contributed by atoms with Gasteiger partial charge in [-0.1, -0.05) is 24.3 Å². The molecule has 3 aliphatic rings. The second-order valence-electron chi connectivity index (χ2n) is 8.59. The average molecular weight is 399 g/mol. The van der Waals surface area contributed by atoms with E-state index in [2.05, 4.69) is 11.9 Å². The van der Waals surface area contributed by atoms with Gasteiger partial charge in [0.2, 0.25) is 5.60 Å². The summed E-state index contributed by atoms with van der Waals surface area (Å²) < 4.78 is 32.7. The molecule has 0 aromatic heterocycles. The smallest absolute Gasteiger partial charge is 0.347 e. The van der Waals surface area contributed by atoms with E-state index in [1.54, 1.807) is 0 Å². The molecule has 2 aliphatic heterocycles. The van der Waals surface area contributed by atoms with Gasteiger partial charge in [0.15, 0.2) is 0 Å². The van der Waals surface area contributed by atoms with Crippen molar-refractivity contribution in [3.8, 4) is 0 Å². The number of hydrogen-bond acceptors (Lipinski definition) is 4. The van der Waals surface area contributed by atoms with E-state index in [1.165, 1.54) is 55.0 Å². The Bertz CT molecular complexity index is 867. The number of benzene rings is 2. The molecule has 5 atom stereocenters. The maximum atomic E-state index is 13.4. The molecule has 3 fully saturated rings. The van der Waals surface area contributed by atoms with Gasteiger partial charge in [0.1, 0.15) is 17.7 Å². The van der Waals surface area contributed by atoms with Crippen molar-refractivity contribution in [2.45, 2.75) is 43.1 Å². The van der Waals surface area contributed by atoms with Crippen LogP contribution in [0.4, 0.5) is 8.78 Å². The highest BCUT2D eigenvalue weighted by Crippen LogP contribution is 2.58. The fourth-order valence-corrected chi connectivity index (χ4v) is 5.41. The zero-order chi connectivity index (χ0) is 20.3. The van der Waals surface area contributed by atoms with Crippen molar-refractivity contribution >= 4 is 5.97 Å². The summed E-state index contributed by atoms with van der Waals surface area (Å²) in [6, 6.07) is 11.0. The molecule has 0 radical (unpaired) electrons. The summed E-state index contributed by atoms with van der Waals surface area (Å²) in [5.74, 6) is -0.369. The van der Waals surface area contributed by atoms with Crippen LogP contribution >= 0.6 is 0 Å². The molecule has 152 valence electrons. The monoisotopic (exact) mass is 399 g/mol.